The summed E-state index contributed by atoms with van der Waals surface area (Å²) in [5.74, 6) is 0.824. The average Bonchev–Trinajstić information content (AvgIpc) is 2.52. The van der Waals surface area contributed by atoms with Crippen LogP contribution in [0.4, 0.5) is 5.69 Å². The van der Waals surface area contributed by atoms with Crippen molar-refractivity contribution in [1.82, 2.24) is 5.32 Å². The summed E-state index contributed by atoms with van der Waals surface area (Å²) in [6.07, 6.45) is 0.169. The van der Waals surface area contributed by atoms with Crippen LogP contribution in [0.2, 0.25) is 0 Å². The highest BCUT2D eigenvalue weighted by molar-refractivity contribution is 5.93. The van der Waals surface area contributed by atoms with E-state index in [1.165, 1.54) is 0 Å². The van der Waals surface area contributed by atoms with Gasteiger partial charge >= 0.3 is 0 Å². The molecule has 2 rings (SSSR count). The van der Waals surface area contributed by atoms with E-state index in [-0.39, 0.29) is 18.6 Å². The van der Waals surface area contributed by atoms with E-state index in [0.29, 0.717) is 6.54 Å². The average molecular weight is 326 g/mol. The van der Waals surface area contributed by atoms with E-state index >= 15 is 0 Å². The fraction of sp³-hybridized carbons (Fsp3) is 0.350. The number of amides is 1. The van der Waals surface area contributed by atoms with Gasteiger partial charge in [0.2, 0.25) is 5.91 Å². The van der Waals surface area contributed by atoms with Gasteiger partial charge in [0.25, 0.3) is 0 Å². The van der Waals surface area contributed by atoms with E-state index in [0.717, 1.165) is 28.1 Å². The Hall–Kier alpha value is -2.33. The van der Waals surface area contributed by atoms with Crippen molar-refractivity contribution >= 4 is 11.6 Å². The number of carbonyl (C=O) groups excluding carboxylic acids is 1. The zero-order valence-corrected chi connectivity index (χ0v) is 14.8. The minimum Gasteiger partial charge on any atom is -0.491 e. The molecule has 0 aromatic heterocycles. The summed E-state index contributed by atoms with van der Waals surface area (Å²) >= 11 is 0. The van der Waals surface area contributed by atoms with Gasteiger partial charge in [-0.25, -0.2) is 0 Å². The molecule has 0 aliphatic rings. The third-order valence-corrected chi connectivity index (χ3v) is 3.58. The summed E-state index contributed by atoms with van der Waals surface area (Å²) in [7, 11) is 0. The van der Waals surface area contributed by atoms with Crippen LogP contribution >= 0.6 is 0 Å². The third kappa shape index (κ3) is 5.70. The lowest BCUT2D eigenvalue weighted by Crippen LogP contribution is -2.28. The predicted octanol–water partition coefficient (Wildman–Crippen LogP) is 3.82. The molecule has 0 saturated heterocycles. The molecule has 0 atom stereocenters. The Morgan fingerprint density at radius 3 is 2.46 bits per heavy atom. The molecule has 2 aromatic carbocycles. The van der Waals surface area contributed by atoms with Gasteiger partial charge < -0.3 is 15.4 Å². The summed E-state index contributed by atoms with van der Waals surface area (Å²) in [5, 5.41) is 6.11. The van der Waals surface area contributed by atoms with Crippen molar-refractivity contribution in [2.45, 2.75) is 40.3 Å². The highest BCUT2D eigenvalue weighted by atomic mass is 16.5. The highest BCUT2D eigenvalue weighted by Gasteiger charge is 2.05. The molecule has 0 unspecified atom stereocenters. The molecule has 0 aliphatic carbocycles. The molecule has 4 nitrogen and oxygen atoms in total. The molecule has 4 heteroatoms. The molecule has 0 heterocycles. The fourth-order valence-corrected chi connectivity index (χ4v) is 2.34. The Labute approximate surface area is 144 Å². The first kappa shape index (κ1) is 18.0. The second kappa shape index (κ2) is 8.50. The van der Waals surface area contributed by atoms with E-state index in [1.54, 1.807) is 0 Å². The molecule has 2 N–H and O–H groups in total. The maximum absolute atomic E-state index is 12.0. The van der Waals surface area contributed by atoms with Crippen molar-refractivity contribution in [1.29, 1.82) is 0 Å². The van der Waals surface area contributed by atoms with Crippen LogP contribution in [0.5, 0.6) is 5.75 Å². The van der Waals surface area contributed by atoms with E-state index in [1.807, 2.05) is 70.2 Å². The molecule has 128 valence electrons. The van der Waals surface area contributed by atoms with E-state index in [4.69, 9.17) is 4.74 Å². The van der Waals surface area contributed by atoms with Crippen molar-refractivity contribution < 1.29 is 9.53 Å². The number of rotatable bonds is 7. The second-order valence-corrected chi connectivity index (χ2v) is 6.28. The van der Waals surface area contributed by atoms with Crippen LogP contribution in [0, 0.1) is 13.8 Å². The lowest BCUT2D eigenvalue weighted by atomic mass is 10.1. The molecule has 1 amide bonds. The molecule has 24 heavy (non-hydrogen) atoms. The zero-order valence-electron chi connectivity index (χ0n) is 14.8. The van der Waals surface area contributed by atoms with Crippen LogP contribution in [-0.2, 0) is 11.3 Å². The number of carbonyl (C=O) groups is 1. The number of benzene rings is 2. The number of nitrogens with one attached hydrogen (secondary N) is 2. The molecule has 0 bridgehead atoms. The van der Waals surface area contributed by atoms with Crippen molar-refractivity contribution in [3.63, 3.8) is 0 Å². The number of anilines is 1. The van der Waals surface area contributed by atoms with Crippen LogP contribution in [0.1, 0.15) is 30.5 Å². The number of aryl methyl sites for hydroxylation is 2. The maximum atomic E-state index is 12.0. The second-order valence-electron chi connectivity index (χ2n) is 6.28. The van der Waals surface area contributed by atoms with E-state index < -0.39 is 0 Å². The summed E-state index contributed by atoms with van der Waals surface area (Å²) in [4.78, 5) is 12.0. The first-order valence-electron chi connectivity index (χ1n) is 8.27. The molecule has 0 fully saturated rings. The van der Waals surface area contributed by atoms with Gasteiger partial charge in [-0.05, 0) is 62.6 Å². The molecular weight excluding hydrogens is 300 g/mol. The van der Waals surface area contributed by atoms with Gasteiger partial charge in [-0.3, -0.25) is 4.79 Å². The van der Waals surface area contributed by atoms with Crippen molar-refractivity contribution in [3.05, 3.63) is 59.2 Å². The van der Waals surface area contributed by atoms with Crippen LogP contribution in [-0.4, -0.2) is 18.6 Å². The van der Waals surface area contributed by atoms with E-state index in [2.05, 4.69) is 10.6 Å². The molecule has 0 aliphatic heterocycles. The Kier molecular flexibility index (Phi) is 6.38. The molecule has 0 saturated carbocycles. The normalized spacial score (nSPS) is 10.7. The lowest BCUT2D eigenvalue weighted by Gasteiger charge is -2.11. The summed E-state index contributed by atoms with van der Waals surface area (Å²) in [6.45, 7) is 8.93. The molecule has 0 radical (unpaired) electrons. The Morgan fingerprint density at radius 2 is 1.79 bits per heavy atom. The molecule has 2 aromatic rings. The first-order valence-corrected chi connectivity index (χ1v) is 8.27. The van der Waals surface area contributed by atoms with Gasteiger partial charge in [0.15, 0.2) is 0 Å². The topological polar surface area (TPSA) is 50.4 Å². The van der Waals surface area contributed by atoms with Gasteiger partial charge in [-0.2, -0.15) is 0 Å². The number of ether oxygens (including phenoxy) is 1. The van der Waals surface area contributed by atoms with Gasteiger partial charge in [-0.15, -0.1) is 0 Å². The van der Waals surface area contributed by atoms with Gasteiger partial charge in [0.05, 0.1) is 12.6 Å². The predicted molar refractivity (Wildman–Crippen MR) is 98.5 cm³/mol. The quantitative estimate of drug-likeness (QED) is 0.813. The smallest absolute Gasteiger partial charge is 0.238 e. The lowest BCUT2D eigenvalue weighted by molar-refractivity contribution is -0.115. The third-order valence-electron chi connectivity index (χ3n) is 3.58. The minimum absolute atomic E-state index is 0.0385. The Balaban J connectivity index is 1.79. The van der Waals surface area contributed by atoms with Gasteiger partial charge in [0, 0.05) is 12.2 Å². The van der Waals surface area contributed by atoms with Crippen molar-refractivity contribution in [2.75, 3.05) is 11.9 Å². The van der Waals surface area contributed by atoms with Crippen LogP contribution in [0.15, 0.2) is 42.5 Å². The molecule has 0 spiro atoms. The van der Waals surface area contributed by atoms with Crippen LogP contribution in [0.3, 0.4) is 0 Å². The highest BCUT2D eigenvalue weighted by Crippen LogP contribution is 2.16. The van der Waals surface area contributed by atoms with Crippen molar-refractivity contribution in [3.8, 4) is 5.75 Å². The summed E-state index contributed by atoms with van der Waals surface area (Å²) in [5.41, 5.74) is 4.19. The first-order chi connectivity index (χ1) is 11.4. The maximum Gasteiger partial charge on any atom is 0.238 e. The Bertz CT molecular complexity index is 679. The largest absolute Gasteiger partial charge is 0.491 e. The fourth-order valence-electron chi connectivity index (χ4n) is 2.34. The van der Waals surface area contributed by atoms with Crippen LogP contribution < -0.4 is 15.4 Å². The summed E-state index contributed by atoms with van der Waals surface area (Å²) < 4.78 is 5.61. The van der Waals surface area contributed by atoms with Gasteiger partial charge in [-0.1, -0.05) is 24.3 Å². The SMILES string of the molecule is Cc1ccc(C)c(NC(=O)CNCc2ccc(OC(C)C)cc2)c1. The zero-order chi connectivity index (χ0) is 17.5. The minimum atomic E-state index is -0.0385. The monoisotopic (exact) mass is 326 g/mol. The molecular formula is C20H26N2O2. The number of hydrogen-bond acceptors (Lipinski definition) is 3. The van der Waals surface area contributed by atoms with Crippen LogP contribution in [0.25, 0.3) is 0 Å². The Morgan fingerprint density at radius 1 is 1.08 bits per heavy atom. The summed E-state index contributed by atoms with van der Waals surface area (Å²) in [6, 6.07) is 14.0. The van der Waals surface area contributed by atoms with Crippen molar-refractivity contribution in [2.24, 2.45) is 0 Å². The van der Waals surface area contributed by atoms with E-state index in [9.17, 15) is 4.79 Å². The van der Waals surface area contributed by atoms with Gasteiger partial charge in [0.1, 0.15) is 5.75 Å². The number of hydrogen-bond donors (Lipinski definition) is 2. The standard InChI is InChI=1S/C20H26N2O2/c1-14(2)24-18-9-7-17(8-10-18)12-21-13-20(23)22-19-11-15(3)5-6-16(19)4/h5-11,14,21H,12-13H2,1-4H3,(H,22,23).